The van der Waals surface area contributed by atoms with Crippen LogP contribution >= 0.6 is 0 Å². The van der Waals surface area contributed by atoms with E-state index < -0.39 is 15.6 Å². The van der Waals surface area contributed by atoms with E-state index in [1.165, 1.54) is 23.3 Å². The fraction of sp³-hybridized carbons (Fsp3) is 0.478. The van der Waals surface area contributed by atoms with Gasteiger partial charge >= 0.3 is 15.6 Å². The molecule has 4 nitrogen and oxygen atoms in total. The van der Waals surface area contributed by atoms with Gasteiger partial charge in [-0.25, -0.2) is 0 Å². The molecule has 1 atom stereocenters. The Kier molecular flexibility index (Phi) is 7.31. The minimum Gasteiger partial charge on any atom is -0.376 e. The summed E-state index contributed by atoms with van der Waals surface area (Å²) in [5.74, 6) is -0.360. The van der Waals surface area contributed by atoms with E-state index in [0.717, 1.165) is 56.3 Å². The summed E-state index contributed by atoms with van der Waals surface area (Å²) in [6, 6.07) is 12.3. The summed E-state index contributed by atoms with van der Waals surface area (Å²) in [4.78, 5) is 2.55. The van der Waals surface area contributed by atoms with Gasteiger partial charge < -0.3 is 9.08 Å². The molecule has 0 saturated carbocycles. The van der Waals surface area contributed by atoms with E-state index in [2.05, 4.69) is 29.0 Å². The van der Waals surface area contributed by atoms with Crippen molar-refractivity contribution in [1.82, 2.24) is 4.90 Å². The van der Waals surface area contributed by atoms with Gasteiger partial charge in [0.05, 0.1) is 0 Å². The van der Waals surface area contributed by atoms with E-state index in [1.54, 1.807) is 12.1 Å². The number of hydrogen-bond acceptors (Lipinski definition) is 4. The molecular weight excluding hydrogens is 427 g/mol. The van der Waals surface area contributed by atoms with Gasteiger partial charge in [-0.2, -0.15) is 21.6 Å². The standard InChI is InChI=1S/C23H28F3NO3S/c1-3-14-27(15-4-2)19-11-8-17-6-5-7-21(22(17)16-19)18-9-12-20(13-10-18)30-31(28,29)23(24,25)26/h5-7,9-10,12-13,19H,3-4,8,11,14-16H2,1-2H3/t19-/m1/s1. The van der Waals surface area contributed by atoms with Gasteiger partial charge in [-0.3, -0.25) is 0 Å². The van der Waals surface area contributed by atoms with Crippen molar-refractivity contribution in [2.75, 3.05) is 13.1 Å². The first-order valence-corrected chi connectivity index (χ1v) is 12.0. The summed E-state index contributed by atoms with van der Waals surface area (Å²) >= 11 is 0. The number of aryl methyl sites for hydroxylation is 1. The van der Waals surface area contributed by atoms with E-state index in [4.69, 9.17) is 0 Å². The third-order valence-corrected chi connectivity index (χ3v) is 6.63. The normalized spacial score (nSPS) is 16.9. The third-order valence-electron chi connectivity index (χ3n) is 5.65. The topological polar surface area (TPSA) is 46.6 Å². The number of fused-ring (bicyclic) bond motifs is 1. The van der Waals surface area contributed by atoms with Gasteiger partial charge in [-0.05, 0) is 79.6 Å². The average molecular weight is 456 g/mol. The molecule has 2 aromatic carbocycles. The predicted octanol–water partition coefficient (Wildman–Crippen LogP) is 5.56. The first kappa shape index (κ1) is 23.6. The second-order valence-electron chi connectivity index (χ2n) is 7.88. The molecule has 0 aliphatic heterocycles. The maximum Gasteiger partial charge on any atom is 0.534 e. The van der Waals surface area contributed by atoms with Gasteiger partial charge in [0, 0.05) is 6.04 Å². The highest BCUT2D eigenvalue weighted by Gasteiger charge is 2.48. The molecule has 0 saturated heterocycles. The second kappa shape index (κ2) is 9.61. The molecule has 0 heterocycles. The fourth-order valence-corrected chi connectivity index (χ4v) is 4.73. The van der Waals surface area contributed by atoms with Crippen LogP contribution in [0.2, 0.25) is 0 Å². The Morgan fingerprint density at radius 2 is 1.68 bits per heavy atom. The average Bonchev–Trinajstić information content (AvgIpc) is 2.72. The molecule has 0 aromatic heterocycles. The molecule has 0 unspecified atom stereocenters. The van der Waals surface area contributed by atoms with Crippen LogP contribution in [0.4, 0.5) is 13.2 Å². The summed E-state index contributed by atoms with van der Waals surface area (Å²) in [5.41, 5.74) is -1.05. The molecule has 0 fully saturated rings. The number of rotatable bonds is 8. The van der Waals surface area contributed by atoms with Crippen molar-refractivity contribution in [2.24, 2.45) is 0 Å². The summed E-state index contributed by atoms with van der Waals surface area (Å²) in [6.07, 6.45) is 5.23. The summed E-state index contributed by atoms with van der Waals surface area (Å²) < 4.78 is 64.3. The fourth-order valence-electron chi connectivity index (χ4n) is 4.27. The van der Waals surface area contributed by atoms with Crippen LogP contribution in [0.15, 0.2) is 42.5 Å². The van der Waals surface area contributed by atoms with Gasteiger partial charge in [0.25, 0.3) is 0 Å². The lowest BCUT2D eigenvalue weighted by atomic mass is 9.83. The third kappa shape index (κ3) is 5.41. The number of alkyl halides is 3. The summed E-state index contributed by atoms with van der Waals surface area (Å²) in [5, 5.41) is 0. The predicted molar refractivity (Wildman–Crippen MR) is 115 cm³/mol. The molecule has 0 amide bonds. The lowest BCUT2D eigenvalue weighted by molar-refractivity contribution is -0.0500. The maximum atomic E-state index is 12.5. The Morgan fingerprint density at radius 3 is 2.26 bits per heavy atom. The molecule has 0 N–H and O–H groups in total. The molecule has 8 heteroatoms. The minimum absolute atomic E-state index is 0.360. The van der Waals surface area contributed by atoms with Crippen molar-refractivity contribution in [2.45, 2.75) is 57.5 Å². The molecule has 0 spiro atoms. The van der Waals surface area contributed by atoms with Gasteiger partial charge in [-0.1, -0.05) is 44.2 Å². The van der Waals surface area contributed by atoms with Gasteiger partial charge in [0.2, 0.25) is 0 Å². The number of hydrogen-bond donors (Lipinski definition) is 0. The number of nitrogens with zero attached hydrogens (tertiary/aromatic N) is 1. The molecule has 1 aliphatic carbocycles. The van der Waals surface area contributed by atoms with Crippen molar-refractivity contribution in [1.29, 1.82) is 0 Å². The molecule has 2 aromatic rings. The molecule has 1 aliphatic rings. The lowest BCUT2D eigenvalue weighted by Gasteiger charge is -2.36. The first-order valence-electron chi connectivity index (χ1n) is 10.6. The first-order chi connectivity index (χ1) is 14.7. The number of halogens is 3. The zero-order valence-electron chi connectivity index (χ0n) is 17.8. The quantitative estimate of drug-likeness (QED) is 0.386. The monoisotopic (exact) mass is 455 g/mol. The second-order valence-corrected chi connectivity index (χ2v) is 9.42. The van der Waals surface area contributed by atoms with Crippen LogP contribution in [0, 0.1) is 0 Å². The van der Waals surface area contributed by atoms with E-state index in [1.807, 2.05) is 12.1 Å². The van der Waals surface area contributed by atoms with Crippen molar-refractivity contribution < 1.29 is 25.8 Å². The Labute approximate surface area is 182 Å². The molecule has 170 valence electrons. The Bertz CT molecular complexity index is 982. The van der Waals surface area contributed by atoms with E-state index in [0.29, 0.717) is 6.04 Å². The molecule has 0 bridgehead atoms. The summed E-state index contributed by atoms with van der Waals surface area (Å²) in [7, 11) is -5.68. The molecule has 31 heavy (non-hydrogen) atoms. The zero-order chi connectivity index (χ0) is 22.6. The Balaban J connectivity index is 1.85. The van der Waals surface area contributed by atoms with Gasteiger partial charge in [-0.15, -0.1) is 0 Å². The van der Waals surface area contributed by atoms with Crippen molar-refractivity contribution in [3.8, 4) is 16.9 Å². The largest absolute Gasteiger partial charge is 0.534 e. The van der Waals surface area contributed by atoms with Crippen LogP contribution < -0.4 is 4.18 Å². The van der Waals surface area contributed by atoms with Crippen LogP contribution in [0.3, 0.4) is 0 Å². The Hall–Kier alpha value is -2.06. The molecule has 3 rings (SSSR count). The van der Waals surface area contributed by atoms with Gasteiger partial charge in [0.15, 0.2) is 0 Å². The molecule has 0 radical (unpaired) electrons. The smallest absolute Gasteiger partial charge is 0.376 e. The summed E-state index contributed by atoms with van der Waals surface area (Å²) in [6.45, 7) is 6.51. The lowest BCUT2D eigenvalue weighted by Crippen LogP contribution is -2.40. The van der Waals surface area contributed by atoms with Crippen LogP contribution in [0.5, 0.6) is 5.75 Å². The zero-order valence-corrected chi connectivity index (χ0v) is 18.6. The van der Waals surface area contributed by atoms with E-state index >= 15 is 0 Å². The number of benzene rings is 2. The van der Waals surface area contributed by atoms with Crippen molar-refractivity contribution in [3.05, 3.63) is 53.6 Å². The van der Waals surface area contributed by atoms with Crippen LogP contribution in [-0.4, -0.2) is 38.0 Å². The molecular formula is C23H28F3NO3S. The minimum atomic E-state index is -5.68. The van der Waals surface area contributed by atoms with E-state index in [-0.39, 0.29) is 5.75 Å². The highest BCUT2D eigenvalue weighted by atomic mass is 32.2. The highest BCUT2D eigenvalue weighted by Crippen LogP contribution is 2.35. The maximum absolute atomic E-state index is 12.5. The Morgan fingerprint density at radius 1 is 1.03 bits per heavy atom. The van der Waals surface area contributed by atoms with Crippen LogP contribution in [-0.2, 0) is 23.0 Å². The van der Waals surface area contributed by atoms with Crippen molar-refractivity contribution >= 4 is 10.1 Å². The SMILES string of the molecule is CCCN(CCC)[C@@H]1CCc2cccc(-c3ccc(OS(=O)(=O)C(F)(F)F)cc3)c2C1. The van der Waals surface area contributed by atoms with Crippen LogP contribution in [0.1, 0.15) is 44.2 Å². The highest BCUT2D eigenvalue weighted by molar-refractivity contribution is 7.88. The van der Waals surface area contributed by atoms with E-state index in [9.17, 15) is 21.6 Å². The van der Waals surface area contributed by atoms with Gasteiger partial charge in [0.1, 0.15) is 5.75 Å². The van der Waals surface area contributed by atoms with Crippen LogP contribution in [0.25, 0.3) is 11.1 Å². The van der Waals surface area contributed by atoms with Crippen molar-refractivity contribution in [3.63, 3.8) is 0 Å².